The number of benzene rings is 1. The highest BCUT2D eigenvalue weighted by molar-refractivity contribution is 5.84. The Hall–Kier alpha value is -2.87. The van der Waals surface area contributed by atoms with Crippen LogP contribution in [0.1, 0.15) is 51.3 Å². The molecule has 0 aliphatic carbocycles. The van der Waals surface area contributed by atoms with Gasteiger partial charge < -0.3 is 26.0 Å². The molecule has 3 aromatic rings. The van der Waals surface area contributed by atoms with Gasteiger partial charge >= 0.3 is 0 Å². The summed E-state index contributed by atoms with van der Waals surface area (Å²) >= 11 is 0. The van der Waals surface area contributed by atoms with Gasteiger partial charge in [0.15, 0.2) is 17.0 Å². The molecule has 1 aromatic carbocycles. The first kappa shape index (κ1) is 20.9. The van der Waals surface area contributed by atoms with E-state index in [2.05, 4.69) is 39.4 Å². The molecule has 0 saturated carbocycles. The molecule has 8 nitrogen and oxygen atoms in total. The molecule has 0 aliphatic rings. The van der Waals surface area contributed by atoms with Crippen molar-refractivity contribution >= 4 is 28.6 Å². The molecule has 156 valence electrons. The highest BCUT2D eigenvalue weighted by Gasteiger charge is 2.16. The summed E-state index contributed by atoms with van der Waals surface area (Å²) < 4.78 is 2.02. The molecular weight excluding hydrogens is 366 g/mol. The Morgan fingerprint density at radius 2 is 1.97 bits per heavy atom. The first-order valence-electron chi connectivity index (χ1n) is 9.94. The zero-order chi connectivity index (χ0) is 21.2. The van der Waals surface area contributed by atoms with E-state index >= 15 is 0 Å². The topological polar surface area (TPSA) is 114 Å². The summed E-state index contributed by atoms with van der Waals surface area (Å²) in [6.45, 7) is 10.9. The molecule has 29 heavy (non-hydrogen) atoms. The van der Waals surface area contributed by atoms with Crippen molar-refractivity contribution in [2.75, 3.05) is 22.9 Å². The molecule has 0 aliphatic heterocycles. The number of aryl methyl sites for hydroxylation is 1. The smallest absolute Gasteiger partial charge is 0.226 e. The number of nitrogens with one attached hydrogen (secondary N) is 2. The fourth-order valence-corrected chi connectivity index (χ4v) is 3.03. The number of imidazole rings is 1. The second-order valence-electron chi connectivity index (χ2n) is 8.36. The maximum absolute atomic E-state index is 9.94. The van der Waals surface area contributed by atoms with Crippen LogP contribution in [0.3, 0.4) is 0 Å². The van der Waals surface area contributed by atoms with Crippen molar-refractivity contribution in [3.8, 4) is 0 Å². The van der Waals surface area contributed by atoms with Gasteiger partial charge in [0.25, 0.3) is 0 Å². The minimum absolute atomic E-state index is 0.222. The number of nitrogen functional groups attached to an aromatic ring is 1. The van der Waals surface area contributed by atoms with E-state index in [1.807, 2.05) is 29.7 Å². The lowest BCUT2D eigenvalue weighted by Gasteiger charge is -2.17. The van der Waals surface area contributed by atoms with Crippen LogP contribution in [-0.4, -0.2) is 36.8 Å². The van der Waals surface area contributed by atoms with Crippen LogP contribution in [0.25, 0.3) is 11.2 Å². The van der Waals surface area contributed by atoms with E-state index in [1.54, 1.807) is 20.2 Å². The van der Waals surface area contributed by atoms with Crippen molar-refractivity contribution in [1.82, 2.24) is 19.5 Å². The van der Waals surface area contributed by atoms with Crippen molar-refractivity contribution in [2.45, 2.75) is 59.2 Å². The zero-order valence-corrected chi connectivity index (χ0v) is 17.8. The normalized spacial score (nSPS) is 12.0. The number of aromatic nitrogens is 4. The number of hydrogen-bond acceptors (Lipinski definition) is 7. The molecule has 2 heterocycles. The molecule has 2 aromatic heterocycles. The van der Waals surface area contributed by atoms with Gasteiger partial charge in [-0.25, -0.2) is 4.98 Å². The van der Waals surface area contributed by atoms with Gasteiger partial charge in [0, 0.05) is 24.8 Å². The largest absolute Gasteiger partial charge is 0.398 e. The number of nitrogens with two attached hydrogens (primary N) is 1. The summed E-state index contributed by atoms with van der Waals surface area (Å²) in [4.78, 5) is 13.8. The first-order chi connectivity index (χ1) is 13.6. The molecule has 0 saturated heterocycles. The van der Waals surface area contributed by atoms with Crippen LogP contribution < -0.4 is 16.4 Å². The third-order valence-corrected chi connectivity index (χ3v) is 4.75. The summed E-state index contributed by atoms with van der Waals surface area (Å²) in [5.41, 5.74) is 9.76. The molecule has 0 fully saturated rings. The number of fused-ring (bicyclic) bond motifs is 1. The van der Waals surface area contributed by atoms with Crippen LogP contribution in [0.4, 0.5) is 17.5 Å². The van der Waals surface area contributed by atoms with Crippen molar-refractivity contribution in [3.63, 3.8) is 0 Å². The Kier molecular flexibility index (Phi) is 5.93. The zero-order valence-electron chi connectivity index (χ0n) is 17.8. The van der Waals surface area contributed by atoms with Crippen LogP contribution in [0.15, 0.2) is 24.5 Å². The molecule has 0 spiro atoms. The summed E-state index contributed by atoms with van der Waals surface area (Å²) in [5.74, 6) is 1.16. The molecule has 0 unspecified atom stereocenters. The number of nitrogens with zero attached hydrogens (tertiary/aromatic N) is 4. The molecule has 5 N–H and O–H groups in total. The van der Waals surface area contributed by atoms with E-state index in [0.29, 0.717) is 31.3 Å². The Bertz CT molecular complexity index is 989. The van der Waals surface area contributed by atoms with Gasteiger partial charge in [-0.3, -0.25) is 0 Å². The van der Waals surface area contributed by atoms with Crippen LogP contribution in [0, 0.1) is 6.92 Å². The van der Waals surface area contributed by atoms with E-state index in [9.17, 15) is 5.11 Å². The highest BCUT2D eigenvalue weighted by Crippen LogP contribution is 2.25. The van der Waals surface area contributed by atoms with Crippen molar-refractivity contribution in [2.24, 2.45) is 0 Å². The summed E-state index contributed by atoms with van der Waals surface area (Å²) in [6.07, 6.45) is 2.37. The van der Waals surface area contributed by atoms with Crippen molar-refractivity contribution < 1.29 is 5.11 Å². The lowest BCUT2D eigenvalue weighted by Crippen LogP contribution is -2.23. The minimum Gasteiger partial charge on any atom is -0.398 e. The molecular formula is C21H31N7O. The molecule has 0 amide bonds. The van der Waals surface area contributed by atoms with E-state index < -0.39 is 5.60 Å². The predicted octanol–water partition coefficient (Wildman–Crippen LogP) is 3.48. The number of hydrogen-bond donors (Lipinski definition) is 4. The third kappa shape index (κ3) is 5.14. The van der Waals surface area contributed by atoms with E-state index in [4.69, 9.17) is 5.73 Å². The van der Waals surface area contributed by atoms with Gasteiger partial charge in [-0.2, -0.15) is 9.97 Å². The second kappa shape index (κ2) is 8.24. The molecule has 0 radical (unpaired) electrons. The summed E-state index contributed by atoms with van der Waals surface area (Å²) in [6, 6.07) is 6.24. The van der Waals surface area contributed by atoms with Crippen LogP contribution >= 0.6 is 0 Å². The average Bonchev–Trinajstić information content (AvgIpc) is 3.04. The van der Waals surface area contributed by atoms with Gasteiger partial charge in [0.05, 0.1) is 11.9 Å². The first-order valence-corrected chi connectivity index (χ1v) is 9.94. The Balaban J connectivity index is 1.89. The van der Waals surface area contributed by atoms with Gasteiger partial charge in [-0.1, -0.05) is 12.1 Å². The fourth-order valence-electron chi connectivity index (χ4n) is 3.03. The number of rotatable bonds is 8. The van der Waals surface area contributed by atoms with Crippen LogP contribution in [-0.2, 0) is 6.54 Å². The maximum Gasteiger partial charge on any atom is 0.226 e. The average molecular weight is 398 g/mol. The van der Waals surface area contributed by atoms with E-state index in [-0.39, 0.29) is 6.04 Å². The van der Waals surface area contributed by atoms with Crippen molar-refractivity contribution in [1.29, 1.82) is 0 Å². The summed E-state index contributed by atoms with van der Waals surface area (Å²) in [5, 5.41) is 16.5. The van der Waals surface area contributed by atoms with Crippen molar-refractivity contribution in [3.05, 3.63) is 35.7 Å². The number of aliphatic hydroxyl groups is 1. The van der Waals surface area contributed by atoms with E-state index in [0.717, 1.165) is 28.0 Å². The van der Waals surface area contributed by atoms with E-state index in [1.165, 1.54) is 0 Å². The lowest BCUT2D eigenvalue weighted by atomic mass is 10.1. The van der Waals surface area contributed by atoms with Gasteiger partial charge in [0.2, 0.25) is 5.95 Å². The SMILES string of the molecule is Cc1ccc(CNc2nc(NCCC(C)(C)O)nc3c2ncn3C(C)C)c(N)c1. The van der Waals surface area contributed by atoms with Crippen LogP contribution in [0.2, 0.25) is 0 Å². The monoisotopic (exact) mass is 397 g/mol. The third-order valence-electron chi connectivity index (χ3n) is 4.75. The number of anilines is 3. The minimum atomic E-state index is -0.749. The molecule has 0 bridgehead atoms. The Morgan fingerprint density at radius 3 is 2.62 bits per heavy atom. The summed E-state index contributed by atoms with van der Waals surface area (Å²) in [7, 11) is 0. The van der Waals surface area contributed by atoms with Gasteiger partial charge in [0.1, 0.15) is 0 Å². The highest BCUT2D eigenvalue weighted by atomic mass is 16.3. The molecule has 0 atom stereocenters. The Morgan fingerprint density at radius 1 is 1.21 bits per heavy atom. The maximum atomic E-state index is 9.94. The second-order valence-corrected chi connectivity index (χ2v) is 8.36. The predicted molar refractivity (Wildman–Crippen MR) is 118 cm³/mol. The Labute approximate surface area is 171 Å². The fraction of sp³-hybridized carbons (Fsp3) is 0.476. The molecule has 8 heteroatoms. The quantitative estimate of drug-likeness (QED) is 0.430. The van der Waals surface area contributed by atoms with Crippen LogP contribution in [0.5, 0.6) is 0 Å². The molecule has 3 rings (SSSR count). The standard InChI is InChI=1S/C21H31N7O/c1-13(2)28-12-25-17-18(24-11-15-7-6-14(3)10-16(15)22)26-20(27-19(17)28)23-9-8-21(4,5)29/h6-7,10,12-13,29H,8-9,11,22H2,1-5H3,(H2,23,24,26,27). The van der Waals surface area contributed by atoms with Gasteiger partial charge in [-0.15, -0.1) is 0 Å². The van der Waals surface area contributed by atoms with Gasteiger partial charge in [-0.05, 0) is 58.2 Å². The lowest BCUT2D eigenvalue weighted by molar-refractivity contribution is 0.0748.